The van der Waals surface area contributed by atoms with Gasteiger partial charge in [-0.2, -0.15) is 13.2 Å². The minimum absolute atomic E-state index is 0.338. The maximum absolute atomic E-state index is 12.9. The van der Waals surface area contributed by atoms with Gasteiger partial charge in [-0.1, -0.05) is 0 Å². The molecule has 0 heterocycles. The molecule has 0 aliphatic heterocycles. The molecule has 1 aliphatic carbocycles. The first kappa shape index (κ1) is 14.6. The topological polar surface area (TPSA) is 46.2 Å². The average molecular weight is 285 g/mol. The van der Waals surface area contributed by atoms with E-state index in [0.717, 1.165) is 0 Å². The molecule has 10 heteroatoms. The average Bonchev–Trinajstić information content (AvgIpc) is 2.09. The quantitative estimate of drug-likeness (QED) is 0.619. The summed E-state index contributed by atoms with van der Waals surface area (Å²) in [5, 5.41) is -1.93. The number of halogens is 6. The van der Waals surface area contributed by atoms with Crippen LogP contribution >= 0.6 is 0 Å². The molecular formula is C7H9F6NO2S. The summed E-state index contributed by atoms with van der Waals surface area (Å²) in [6, 6.07) is 0. The van der Waals surface area contributed by atoms with Crippen LogP contribution in [-0.2, 0) is 10.0 Å². The molecule has 1 aliphatic rings. The molecular weight excluding hydrogens is 276 g/mol. The first-order chi connectivity index (χ1) is 7.53. The van der Waals surface area contributed by atoms with E-state index in [1.54, 1.807) is 0 Å². The third-order valence-corrected chi connectivity index (χ3v) is 4.14. The summed E-state index contributed by atoms with van der Waals surface area (Å²) in [6.07, 6.45) is -14.5. The standard InChI is InChI=1S/C7H9F6NO2S/c8-4-1-3(2-5(9)6(4)10)17(15,16)14-7(11,12)13/h3-6,14H,1-2H2. The lowest BCUT2D eigenvalue weighted by Gasteiger charge is -2.30. The molecule has 2 atom stereocenters. The van der Waals surface area contributed by atoms with Gasteiger partial charge in [0.1, 0.15) is 12.3 Å². The molecule has 1 rings (SSSR count). The van der Waals surface area contributed by atoms with Gasteiger partial charge in [0.05, 0.1) is 5.25 Å². The lowest BCUT2D eigenvalue weighted by atomic mass is 9.95. The molecule has 3 nitrogen and oxygen atoms in total. The lowest BCUT2D eigenvalue weighted by molar-refractivity contribution is -0.138. The van der Waals surface area contributed by atoms with E-state index in [4.69, 9.17) is 0 Å². The number of sulfonamides is 1. The van der Waals surface area contributed by atoms with Gasteiger partial charge in [0, 0.05) is 0 Å². The number of rotatable bonds is 2. The molecule has 0 aromatic rings. The Morgan fingerprint density at radius 2 is 1.41 bits per heavy atom. The molecule has 1 saturated carbocycles. The molecule has 17 heavy (non-hydrogen) atoms. The second-order valence-corrected chi connectivity index (χ2v) is 5.68. The van der Waals surface area contributed by atoms with E-state index in [2.05, 4.69) is 0 Å². The molecule has 0 aromatic carbocycles. The second-order valence-electron chi connectivity index (χ2n) is 3.71. The van der Waals surface area contributed by atoms with Gasteiger partial charge in [0.25, 0.3) is 0 Å². The Hall–Kier alpha value is -0.510. The van der Waals surface area contributed by atoms with Crippen molar-refractivity contribution in [2.24, 2.45) is 0 Å². The maximum Gasteiger partial charge on any atom is 0.470 e. The minimum atomic E-state index is -5.22. The summed E-state index contributed by atoms with van der Waals surface area (Å²) >= 11 is 0. The second kappa shape index (κ2) is 4.63. The highest BCUT2D eigenvalue weighted by Gasteiger charge is 2.46. The molecule has 0 bridgehead atoms. The minimum Gasteiger partial charge on any atom is -0.244 e. The smallest absolute Gasteiger partial charge is 0.244 e. The van der Waals surface area contributed by atoms with Crippen LogP contribution in [0.4, 0.5) is 26.3 Å². The molecule has 1 N–H and O–H groups in total. The summed E-state index contributed by atoms with van der Waals surface area (Å²) in [6.45, 7) is 0. The zero-order valence-electron chi connectivity index (χ0n) is 8.22. The van der Waals surface area contributed by atoms with E-state index in [0.29, 0.717) is 4.72 Å². The van der Waals surface area contributed by atoms with Crippen LogP contribution in [0.5, 0.6) is 0 Å². The van der Waals surface area contributed by atoms with E-state index >= 15 is 0 Å². The highest BCUT2D eigenvalue weighted by Crippen LogP contribution is 2.31. The monoisotopic (exact) mass is 285 g/mol. The molecule has 102 valence electrons. The van der Waals surface area contributed by atoms with Crippen molar-refractivity contribution in [1.82, 2.24) is 4.72 Å². The van der Waals surface area contributed by atoms with E-state index < -0.39 is 52.9 Å². The first-order valence-electron chi connectivity index (χ1n) is 4.54. The Labute approximate surface area is 93.2 Å². The van der Waals surface area contributed by atoms with Gasteiger partial charge in [-0.05, 0) is 12.8 Å². The Bertz CT molecular complexity index is 357. The summed E-state index contributed by atoms with van der Waals surface area (Å²) < 4.78 is 96.4. The predicted octanol–water partition coefficient (Wildman–Crippen LogP) is 1.60. The van der Waals surface area contributed by atoms with Gasteiger partial charge >= 0.3 is 6.30 Å². The number of nitrogens with one attached hydrogen (secondary N) is 1. The number of alkyl halides is 6. The van der Waals surface area contributed by atoms with Crippen LogP contribution in [0, 0.1) is 0 Å². The van der Waals surface area contributed by atoms with Crippen LogP contribution in [0.15, 0.2) is 0 Å². The molecule has 2 unspecified atom stereocenters. The highest BCUT2D eigenvalue weighted by molar-refractivity contribution is 7.90. The largest absolute Gasteiger partial charge is 0.470 e. The van der Waals surface area contributed by atoms with Crippen LogP contribution in [0.25, 0.3) is 0 Å². The maximum atomic E-state index is 12.9. The summed E-state index contributed by atoms with van der Waals surface area (Å²) in [7, 11) is -4.95. The Morgan fingerprint density at radius 3 is 1.76 bits per heavy atom. The van der Waals surface area contributed by atoms with Gasteiger partial charge in [-0.25, -0.2) is 21.6 Å². The van der Waals surface area contributed by atoms with E-state index in [9.17, 15) is 34.8 Å². The number of hydrogen-bond acceptors (Lipinski definition) is 2. The van der Waals surface area contributed by atoms with E-state index in [1.165, 1.54) is 0 Å². The zero-order valence-corrected chi connectivity index (χ0v) is 9.03. The van der Waals surface area contributed by atoms with E-state index in [1.807, 2.05) is 0 Å². The summed E-state index contributed by atoms with van der Waals surface area (Å²) in [5.41, 5.74) is 0. The SMILES string of the molecule is O=S(=O)(NC(F)(F)F)C1CC(F)C(F)C(F)C1. The molecule has 0 spiro atoms. The Balaban J connectivity index is 2.80. The molecule has 0 saturated heterocycles. The van der Waals surface area contributed by atoms with Crippen molar-refractivity contribution in [3.8, 4) is 0 Å². The van der Waals surface area contributed by atoms with Gasteiger partial charge in [0.2, 0.25) is 10.0 Å². The van der Waals surface area contributed by atoms with Gasteiger partial charge in [0.15, 0.2) is 6.17 Å². The van der Waals surface area contributed by atoms with Crippen molar-refractivity contribution >= 4 is 10.0 Å². The first-order valence-corrected chi connectivity index (χ1v) is 6.09. The van der Waals surface area contributed by atoms with Crippen LogP contribution < -0.4 is 4.72 Å². The van der Waals surface area contributed by atoms with Crippen LogP contribution in [0.2, 0.25) is 0 Å². The third-order valence-electron chi connectivity index (χ3n) is 2.36. The third kappa shape index (κ3) is 3.73. The van der Waals surface area contributed by atoms with Crippen molar-refractivity contribution in [2.45, 2.75) is 42.9 Å². The van der Waals surface area contributed by atoms with Crippen LogP contribution in [0.1, 0.15) is 12.8 Å². The summed E-state index contributed by atoms with van der Waals surface area (Å²) in [5.74, 6) is 0. The molecule has 0 radical (unpaired) electrons. The van der Waals surface area contributed by atoms with Crippen molar-refractivity contribution in [1.29, 1.82) is 0 Å². The van der Waals surface area contributed by atoms with E-state index in [-0.39, 0.29) is 0 Å². The van der Waals surface area contributed by atoms with Crippen LogP contribution in [0.3, 0.4) is 0 Å². The predicted molar refractivity (Wildman–Crippen MR) is 45.8 cm³/mol. The fraction of sp³-hybridized carbons (Fsp3) is 1.00. The fourth-order valence-corrected chi connectivity index (χ4v) is 2.95. The zero-order chi connectivity index (χ0) is 13.4. The van der Waals surface area contributed by atoms with Crippen molar-refractivity contribution in [3.63, 3.8) is 0 Å². The van der Waals surface area contributed by atoms with Gasteiger partial charge < -0.3 is 0 Å². The molecule has 0 amide bonds. The molecule has 0 aromatic heterocycles. The van der Waals surface area contributed by atoms with Gasteiger partial charge in [-0.15, -0.1) is 4.72 Å². The lowest BCUT2D eigenvalue weighted by Crippen LogP contribution is -2.49. The highest BCUT2D eigenvalue weighted by atomic mass is 32.2. The Morgan fingerprint density at radius 1 is 1.00 bits per heavy atom. The Kier molecular flexibility index (Phi) is 3.97. The van der Waals surface area contributed by atoms with Gasteiger partial charge in [-0.3, -0.25) is 0 Å². The normalized spacial score (nSPS) is 35.9. The van der Waals surface area contributed by atoms with Crippen molar-refractivity contribution in [3.05, 3.63) is 0 Å². The van der Waals surface area contributed by atoms with Crippen molar-refractivity contribution < 1.29 is 34.8 Å². The molecule has 1 fully saturated rings. The van der Waals surface area contributed by atoms with Crippen molar-refractivity contribution in [2.75, 3.05) is 0 Å². The number of hydrogen-bond donors (Lipinski definition) is 1. The van der Waals surface area contributed by atoms with Crippen LogP contribution in [-0.4, -0.2) is 38.5 Å². The summed E-state index contributed by atoms with van der Waals surface area (Å²) in [4.78, 5) is 0. The fourth-order valence-electron chi connectivity index (χ4n) is 1.58.